The zero-order valence-corrected chi connectivity index (χ0v) is 11.5. The molecule has 1 aliphatic rings. The van der Waals surface area contributed by atoms with Gasteiger partial charge < -0.3 is 9.84 Å². The Kier molecular flexibility index (Phi) is 3.78. The van der Waals surface area contributed by atoms with Crippen LogP contribution in [-0.2, 0) is 10.5 Å². The molecule has 19 heavy (non-hydrogen) atoms. The van der Waals surface area contributed by atoms with Gasteiger partial charge in [0.2, 0.25) is 0 Å². The van der Waals surface area contributed by atoms with Crippen LogP contribution in [0.25, 0.3) is 0 Å². The Hall–Kier alpha value is -1.59. The molecule has 0 fully saturated rings. The van der Waals surface area contributed by atoms with Crippen molar-refractivity contribution in [1.82, 2.24) is 5.01 Å². The highest BCUT2D eigenvalue weighted by molar-refractivity contribution is 6.30. The molecule has 6 heteroatoms. The van der Waals surface area contributed by atoms with Gasteiger partial charge in [-0.3, -0.25) is 0 Å². The van der Waals surface area contributed by atoms with Gasteiger partial charge in [0.15, 0.2) is 5.72 Å². The highest BCUT2D eigenvalue weighted by Crippen LogP contribution is 2.36. The van der Waals surface area contributed by atoms with E-state index in [1.807, 2.05) is 0 Å². The van der Waals surface area contributed by atoms with Gasteiger partial charge in [-0.1, -0.05) is 23.7 Å². The van der Waals surface area contributed by atoms with Gasteiger partial charge in [0, 0.05) is 22.7 Å². The van der Waals surface area contributed by atoms with Crippen LogP contribution in [-0.4, -0.2) is 28.5 Å². The van der Waals surface area contributed by atoms with E-state index in [9.17, 15) is 9.90 Å². The van der Waals surface area contributed by atoms with Gasteiger partial charge in [-0.05, 0) is 26.0 Å². The molecular formula is C13H15ClN2O3. The van der Waals surface area contributed by atoms with Gasteiger partial charge in [0.1, 0.15) is 0 Å². The summed E-state index contributed by atoms with van der Waals surface area (Å²) in [6, 6.07) is 6.66. The third-order valence-corrected chi connectivity index (χ3v) is 3.12. The molecule has 0 aromatic heterocycles. The predicted octanol–water partition coefficient (Wildman–Crippen LogP) is 2.72. The lowest BCUT2D eigenvalue weighted by atomic mass is 9.98. The van der Waals surface area contributed by atoms with Gasteiger partial charge in [0.25, 0.3) is 0 Å². The molecule has 1 aromatic carbocycles. The van der Waals surface area contributed by atoms with E-state index in [-0.39, 0.29) is 13.0 Å². The molecule has 0 aliphatic carbocycles. The second kappa shape index (κ2) is 5.19. The quantitative estimate of drug-likeness (QED) is 0.907. The number of ether oxygens (including phenoxy) is 1. The molecule has 2 rings (SSSR count). The van der Waals surface area contributed by atoms with E-state index in [1.165, 1.54) is 0 Å². The predicted molar refractivity (Wildman–Crippen MR) is 71.9 cm³/mol. The van der Waals surface area contributed by atoms with E-state index in [2.05, 4.69) is 5.10 Å². The summed E-state index contributed by atoms with van der Waals surface area (Å²) in [5.41, 5.74) is -0.308. The van der Waals surface area contributed by atoms with Crippen molar-refractivity contribution in [2.45, 2.75) is 26.0 Å². The fourth-order valence-corrected chi connectivity index (χ4v) is 2.16. The summed E-state index contributed by atoms with van der Waals surface area (Å²) in [5.74, 6) is 0. The van der Waals surface area contributed by atoms with Crippen molar-refractivity contribution in [3.8, 4) is 0 Å². The topological polar surface area (TPSA) is 62.1 Å². The van der Waals surface area contributed by atoms with Crippen LogP contribution in [0, 0.1) is 0 Å². The van der Waals surface area contributed by atoms with Crippen LogP contribution in [0.15, 0.2) is 29.4 Å². The summed E-state index contributed by atoms with van der Waals surface area (Å²) in [7, 11) is 0. The van der Waals surface area contributed by atoms with Gasteiger partial charge >= 0.3 is 6.09 Å². The van der Waals surface area contributed by atoms with Crippen LogP contribution in [0.2, 0.25) is 5.02 Å². The zero-order chi connectivity index (χ0) is 14.0. The van der Waals surface area contributed by atoms with Crippen LogP contribution in [0.1, 0.15) is 25.8 Å². The number of amides is 1. The number of aliphatic hydroxyl groups is 1. The SMILES string of the molecule is CCOC(=O)N1N=C(C)C[C@]1(O)c1ccc(Cl)cc1. The van der Waals surface area contributed by atoms with Crippen molar-refractivity contribution in [2.75, 3.05) is 6.61 Å². The largest absolute Gasteiger partial charge is 0.448 e. The Labute approximate surface area is 116 Å². The number of halogens is 1. The number of hydrogen-bond donors (Lipinski definition) is 1. The molecule has 0 saturated heterocycles. The maximum atomic E-state index is 11.9. The molecule has 1 atom stereocenters. The van der Waals surface area contributed by atoms with Crippen LogP contribution in [0.3, 0.4) is 0 Å². The summed E-state index contributed by atoms with van der Waals surface area (Å²) in [5, 5.41) is 16.3. The Morgan fingerprint density at radius 1 is 1.53 bits per heavy atom. The number of carbonyl (C=O) groups excluding carboxylic acids is 1. The standard InChI is InChI=1S/C13H15ClN2O3/c1-3-19-12(17)16-13(18,8-9(2)15-16)10-4-6-11(14)7-5-10/h4-7,18H,3,8H2,1-2H3/t13-/m0/s1. The smallest absolute Gasteiger partial charge is 0.433 e. The molecule has 0 bridgehead atoms. The van der Waals surface area contributed by atoms with Crippen molar-refractivity contribution >= 4 is 23.4 Å². The van der Waals surface area contributed by atoms with E-state index < -0.39 is 11.8 Å². The summed E-state index contributed by atoms with van der Waals surface area (Å²) in [6.45, 7) is 3.67. The van der Waals surface area contributed by atoms with Crippen molar-refractivity contribution in [1.29, 1.82) is 0 Å². The van der Waals surface area contributed by atoms with Gasteiger partial charge in [0.05, 0.1) is 6.61 Å². The maximum absolute atomic E-state index is 11.9. The molecule has 1 aromatic rings. The first-order valence-corrected chi connectivity index (χ1v) is 6.34. The van der Waals surface area contributed by atoms with Crippen LogP contribution in [0.5, 0.6) is 0 Å². The van der Waals surface area contributed by atoms with E-state index in [0.29, 0.717) is 16.3 Å². The Bertz CT molecular complexity index is 515. The summed E-state index contributed by atoms with van der Waals surface area (Å²) >= 11 is 5.83. The fourth-order valence-electron chi connectivity index (χ4n) is 2.04. The number of nitrogens with zero attached hydrogens (tertiary/aromatic N) is 2. The Morgan fingerprint density at radius 2 is 2.16 bits per heavy atom. The van der Waals surface area contributed by atoms with Crippen molar-refractivity contribution < 1.29 is 14.6 Å². The molecule has 0 unspecified atom stereocenters. The summed E-state index contributed by atoms with van der Waals surface area (Å²) in [6.07, 6.45) is -0.426. The first-order chi connectivity index (χ1) is 8.97. The van der Waals surface area contributed by atoms with Gasteiger partial charge in [-0.25, -0.2) is 4.79 Å². The highest BCUT2D eigenvalue weighted by atomic mass is 35.5. The average molecular weight is 283 g/mol. The minimum atomic E-state index is -1.51. The molecule has 1 N–H and O–H groups in total. The minimum absolute atomic E-state index is 0.223. The molecule has 0 spiro atoms. The number of rotatable bonds is 2. The third-order valence-electron chi connectivity index (χ3n) is 2.87. The zero-order valence-electron chi connectivity index (χ0n) is 10.8. The van der Waals surface area contributed by atoms with Crippen LogP contribution >= 0.6 is 11.6 Å². The van der Waals surface area contributed by atoms with Gasteiger partial charge in [-0.2, -0.15) is 10.1 Å². The monoisotopic (exact) mass is 282 g/mol. The van der Waals surface area contributed by atoms with E-state index in [1.54, 1.807) is 38.1 Å². The lowest BCUT2D eigenvalue weighted by molar-refractivity contribution is -0.0855. The molecule has 5 nitrogen and oxygen atoms in total. The first kappa shape index (κ1) is 13.8. The highest BCUT2D eigenvalue weighted by Gasteiger charge is 2.45. The number of carbonyl (C=O) groups is 1. The van der Waals surface area contributed by atoms with E-state index >= 15 is 0 Å². The van der Waals surface area contributed by atoms with Crippen molar-refractivity contribution in [3.05, 3.63) is 34.9 Å². The van der Waals surface area contributed by atoms with Crippen molar-refractivity contribution in [3.63, 3.8) is 0 Å². The molecule has 1 amide bonds. The fraction of sp³-hybridized carbons (Fsp3) is 0.385. The third kappa shape index (κ3) is 2.57. The molecule has 0 saturated carbocycles. The molecule has 0 radical (unpaired) electrons. The molecule has 1 aliphatic heterocycles. The molecule has 1 heterocycles. The number of benzene rings is 1. The number of hydrogen-bond acceptors (Lipinski definition) is 4. The second-order valence-electron chi connectivity index (χ2n) is 4.35. The second-order valence-corrected chi connectivity index (χ2v) is 4.78. The Morgan fingerprint density at radius 3 is 2.74 bits per heavy atom. The van der Waals surface area contributed by atoms with E-state index in [0.717, 1.165) is 5.01 Å². The maximum Gasteiger partial charge on any atom is 0.433 e. The minimum Gasteiger partial charge on any atom is -0.448 e. The summed E-state index contributed by atoms with van der Waals surface area (Å²) in [4.78, 5) is 11.9. The molecular weight excluding hydrogens is 268 g/mol. The lowest BCUT2D eigenvalue weighted by Gasteiger charge is -2.30. The Balaban J connectivity index is 2.35. The van der Waals surface area contributed by atoms with Crippen LogP contribution in [0.4, 0.5) is 4.79 Å². The lowest BCUT2D eigenvalue weighted by Crippen LogP contribution is -2.43. The summed E-state index contributed by atoms with van der Waals surface area (Å²) < 4.78 is 4.91. The number of hydrazone groups is 1. The van der Waals surface area contributed by atoms with E-state index in [4.69, 9.17) is 16.3 Å². The average Bonchev–Trinajstić information content (AvgIpc) is 2.67. The normalized spacial score (nSPS) is 22.3. The van der Waals surface area contributed by atoms with Crippen molar-refractivity contribution in [2.24, 2.45) is 5.10 Å². The van der Waals surface area contributed by atoms with Gasteiger partial charge in [-0.15, -0.1) is 0 Å². The molecule has 102 valence electrons. The first-order valence-electron chi connectivity index (χ1n) is 5.97. The van der Waals surface area contributed by atoms with Crippen LogP contribution < -0.4 is 0 Å².